The minimum absolute atomic E-state index is 0.145. The number of amides is 1. The van der Waals surface area contributed by atoms with Gasteiger partial charge >= 0.3 is 0 Å². The van der Waals surface area contributed by atoms with Gasteiger partial charge in [0.1, 0.15) is 0 Å². The molecule has 2 N–H and O–H groups in total. The standard InChI is InChI=1S/C12H16Cl2N2O/c1-12(2,15)11(17)16(3)7-8-5-4-6-9(13)10(8)14/h4-6H,7,15H2,1-3H3. The van der Waals surface area contributed by atoms with Crippen molar-refractivity contribution in [2.75, 3.05) is 7.05 Å². The molecule has 0 unspecified atom stereocenters. The average molecular weight is 275 g/mol. The first-order chi connectivity index (χ1) is 7.73. The summed E-state index contributed by atoms with van der Waals surface area (Å²) in [5.41, 5.74) is 5.67. The van der Waals surface area contributed by atoms with E-state index in [4.69, 9.17) is 28.9 Å². The van der Waals surface area contributed by atoms with Crippen molar-refractivity contribution in [2.24, 2.45) is 5.73 Å². The molecule has 94 valence electrons. The second-order valence-corrected chi connectivity index (χ2v) is 5.38. The highest BCUT2D eigenvalue weighted by Gasteiger charge is 2.25. The number of carbonyl (C=O) groups excluding carboxylic acids is 1. The summed E-state index contributed by atoms with van der Waals surface area (Å²) < 4.78 is 0. The van der Waals surface area contributed by atoms with Crippen molar-refractivity contribution in [1.29, 1.82) is 0 Å². The number of hydrogen-bond donors (Lipinski definition) is 1. The summed E-state index contributed by atoms with van der Waals surface area (Å²) in [5.74, 6) is -0.145. The molecule has 0 bridgehead atoms. The maximum absolute atomic E-state index is 11.9. The number of rotatable bonds is 3. The van der Waals surface area contributed by atoms with Gasteiger partial charge in [0.15, 0.2) is 0 Å². The molecule has 17 heavy (non-hydrogen) atoms. The van der Waals surface area contributed by atoms with E-state index >= 15 is 0 Å². The fraction of sp³-hybridized carbons (Fsp3) is 0.417. The van der Waals surface area contributed by atoms with Crippen molar-refractivity contribution >= 4 is 29.1 Å². The Morgan fingerprint density at radius 3 is 2.53 bits per heavy atom. The van der Waals surface area contributed by atoms with E-state index in [1.165, 1.54) is 4.90 Å². The summed E-state index contributed by atoms with van der Waals surface area (Å²) in [5, 5.41) is 0.959. The SMILES string of the molecule is CN(Cc1cccc(Cl)c1Cl)C(=O)C(C)(C)N. The van der Waals surface area contributed by atoms with Crippen molar-refractivity contribution in [3.63, 3.8) is 0 Å². The van der Waals surface area contributed by atoms with Crippen molar-refractivity contribution in [1.82, 2.24) is 4.90 Å². The summed E-state index contributed by atoms with van der Waals surface area (Å²) >= 11 is 12.0. The van der Waals surface area contributed by atoms with Crippen LogP contribution in [-0.2, 0) is 11.3 Å². The summed E-state index contributed by atoms with van der Waals surface area (Å²) in [6.07, 6.45) is 0. The van der Waals surface area contributed by atoms with Gasteiger partial charge in [-0.25, -0.2) is 0 Å². The maximum Gasteiger partial charge on any atom is 0.242 e. The lowest BCUT2D eigenvalue weighted by Gasteiger charge is -2.26. The molecule has 0 radical (unpaired) electrons. The number of halogens is 2. The third-order valence-corrected chi connectivity index (χ3v) is 3.20. The summed E-state index contributed by atoms with van der Waals surface area (Å²) in [7, 11) is 1.69. The zero-order valence-corrected chi connectivity index (χ0v) is 11.6. The van der Waals surface area contributed by atoms with Gasteiger partial charge in [0, 0.05) is 13.6 Å². The summed E-state index contributed by atoms with van der Waals surface area (Å²) in [6.45, 7) is 3.73. The Labute approximate surface area is 111 Å². The Bertz CT molecular complexity index is 427. The van der Waals surface area contributed by atoms with Crippen molar-refractivity contribution in [3.8, 4) is 0 Å². The molecule has 0 atom stereocenters. The monoisotopic (exact) mass is 274 g/mol. The normalized spacial score (nSPS) is 11.4. The quantitative estimate of drug-likeness (QED) is 0.921. The van der Waals surface area contributed by atoms with Gasteiger partial charge in [-0.2, -0.15) is 0 Å². The lowest BCUT2D eigenvalue weighted by atomic mass is 10.1. The molecule has 0 aromatic heterocycles. The van der Waals surface area contributed by atoms with Gasteiger partial charge in [0.05, 0.1) is 15.6 Å². The molecule has 5 heteroatoms. The molecule has 0 heterocycles. The first-order valence-electron chi connectivity index (χ1n) is 5.21. The molecule has 3 nitrogen and oxygen atoms in total. The van der Waals surface area contributed by atoms with Crippen molar-refractivity contribution < 1.29 is 4.79 Å². The largest absolute Gasteiger partial charge is 0.340 e. The van der Waals surface area contributed by atoms with E-state index in [1.807, 2.05) is 6.07 Å². The van der Waals surface area contributed by atoms with Crippen LogP contribution in [0.4, 0.5) is 0 Å². The van der Waals surface area contributed by atoms with Crippen LogP contribution in [0.1, 0.15) is 19.4 Å². The van der Waals surface area contributed by atoms with Crippen molar-refractivity contribution in [2.45, 2.75) is 25.9 Å². The van der Waals surface area contributed by atoms with E-state index in [-0.39, 0.29) is 5.91 Å². The first-order valence-corrected chi connectivity index (χ1v) is 5.96. The van der Waals surface area contributed by atoms with E-state index in [0.29, 0.717) is 16.6 Å². The Morgan fingerprint density at radius 2 is 2.00 bits per heavy atom. The highest BCUT2D eigenvalue weighted by molar-refractivity contribution is 6.42. The number of likely N-dealkylation sites (N-methyl/N-ethyl adjacent to an activating group) is 1. The molecule has 0 saturated carbocycles. The van der Waals surface area contributed by atoms with E-state index in [0.717, 1.165) is 5.56 Å². The highest BCUT2D eigenvalue weighted by Crippen LogP contribution is 2.26. The van der Waals surface area contributed by atoms with Gasteiger partial charge in [0.2, 0.25) is 5.91 Å². The predicted octanol–water partition coefficient (Wildman–Crippen LogP) is 2.69. The van der Waals surface area contributed by atoms with E-state index in [9.17, 15) is 4.79 Å². The van der Waals surface area contributed by atoms with E-state index < -0.39 is 5.54 Å². The zero-order chi connectivity index (χ0) is 13.2. The first kappa shape index (κ1) is 14.3. The molecule has 0 spiro atoms. The van der Waals surface area contributed by atoms with E-state index in [1.54, 1.807) is 33.0 Å². The van der Waals surface area contributed by atoms with Crippen LogP contribution in [-0.4, -0.2) is 23.4 Å². The number of hydrogen-bond acceptors (Lipinski definition) is 2. The molecule has 1 aromatic carbocycles. The van der Waals surface area contributed by atoms with Crippen LogP contribution >= 0.6 is 23.2 Å². The number of carbonyl (C=O) groups is 1. The zero-order valence-electron chi connectivity index (χ0n) is 10.1. The number of nitrogens with zero attached hydrogens (tertiary/aromatic N) is 1. The van der Waals surface area contributed by atoms with Crippen LogP contribution in [0.15, 0.2) is 18.2 Å². The molecule has 1 rings (SSSR count). The molecule has 0 aliphatic carbocycles. The van der Waals surface area contributed by atoms with Crippen LogP contribution in [0.2, 0.25) is 10.0 Å². The molecule has 0 saturated heterocycles. The minimum atomic E-state index is -0.889. The van der Waals surface area contributed by atoms with E-state index in [2.05, 4.69) is 0 Å². The lowest BCUT2D eigenvalue weighted by molar-refractivity contribution is -0.134. The lowest BCUT2D eigenvalue weighted by Crippen LogP contribution is -2.49. The summed E-state index contributed by atoms with van der Waals surface area (Å²) in [4.78, 5) is 13.4. The Balaban J connectivity index is 2.85. The Morgan fingerprint density at radius 1 is 1.41 bits per heavy atom. The number of nitrogens with two attached hydrogens (primary N) is 1. The fourth-order valence-electron chi connectivity index (χ4n) is 1.49. The third kappa shape index (κ3) is 3.60. The van der Waals surface area contributed by atoms with Crippen LogP contribution in [0.25, 0.3) is 0 Å². The molecular weight excluding hydrogens is 259 g/mol. The fourth-order valence-corrected chi connectivity index (χ4v) is 1.87. The second-order valence-electron chi connectivity index (χ2n) is 4.60. The maximum atomic E-state index is 11.9. The van der Waals surface area contributed by atoms with Crippen LogP contribution < -0.4 is 5.73 Å². The smallest absolute Gasteiger partial charge is 0.242 e. The molecule has 1 aromatic rings. The van der Waals surface area contributed by atoms with Gasteiger partial charge in [0.25, 0.3) is 0 Å². The van der Waals surface area contributed by atoms with Crippen LogP contribution in [0.3, 0.4) is 0 Å². The minimum Gasteiger partial charge on any atom is -0.340 e. The van der Waals surface area contributed by atoms with Crippen LogP contribution in [0.5, 0.6) is 0 Å². The number of benzene rings is 1. The van der Waals surface area contributed by atoms with Gasteiger partial charge in [-0.15, -0.1) is 0 Å². The van der Waals surface area contributed by atoms with Gasteiger partial charge in [-0.3, -0.25) is 4.79 Å². The highest BCUT2D eigenvalue weighted by atomic mass is 35.5. The molecular formula is C12H16Cl2N2O. The predicted molar refractivity (Wildman–Crippen MR) is 71.2 cm³/mol. The molecule has 0 aliphatic heterocycles. The second kappa shape index (κ2) is 5.25. The Kier molecular flexibility index (Phi) is 4.42. The molecule has 0 aliphatic rings. The molecule has 1 amide bonds. The summed E-state index contributed by atoms with van der Waals surface area (Å²) in [6, 6.07) is 5.35. The molecule has 0 fully saturated rings. The van der Waals surface area contributed by atoms with Crippen LogP contribution in [0, 0.1) is 0 Å². The van der Waals surface area contributed by atoms with Gasteiger partial charge in [-0.05, 0) is 25.5 Å². The van der Waals surface area contributed by atoms with Gasteiger partial charge < -0.3 is 10.6 Å². The van der Waals surface area contributed by atoms with Crippen molar-refractivity contribution in [3.05, 3.63) is 33.8 Å². The Hall–Kier alpha value is -0.770. The third-order valence-electron chi connectivity index (χ3n) is 2.34. The average Bonchev–Trinajstić information content (AvgIpc) is 2.22. The topological polar surface area (TPSA) is 46.3 Å². The van der Waals surface area contributed by atoms with Gasteiger partial charge in [-0.1, -0.05) is 35.3 Å².